The summed E-state index contributed by atoms with van der Waals surface area (Å²) in [6, 6.07) is 3.78. The molecule has 2 heterocycles. The molecule has 1 aromatic carbocycles. The van der Waals surface area contributed by atoms with Gasteiger partial charge in [0.25, 0.3) is 0 Å². The van der Waals surface area contributed by atoms with Gasteiger partial charge in [-0.05, 0) is 31.0 Å². The first-order chi connectivity index (χ1) is 10.0. The monoisotopic (exact) mass is 286 g/mol. The zero-order valence-corrected chi connectivity index (χ0v) is 12.1. The second-order valence-electron chi connectivity index (χ2n) is 5.31. The number of hydrogen-bond donors (Lipinski definition) is 3. The van der Waals surface area contributed by atoms with Gasteiger partial charge in [-0.15, -0.1) is 10.2 Å². The fraction of sp³-hybridized carbons (Fsp3) is 0.357. The normalized spacial score (nSPS) is 15.2. The van der Waals surface area contributed by atoms with E-state index in [0.29, 0.717) is 12.1 Å². The minimum atomic E-state index is -0.0176. The number of amides is 1. The van der Waals surface area contributed by atoms with Gasteiger partial charge >= 0.3 is 0 Å². The third-order valence-electron chi connectivity index (χ3n) is 3.68. The quantitative estimate of drug-likeness (QED) is 0.742. The van der Waals surface area contributed by atoms with Gasteiger partial charge in [0.2, 0.25) is 5.91 Å². The minimum absolute atomic E-state index is 0.0176. The number of carbonyl (C=O) groups is 1. The van der Waals surface area contributed by atoms with E-state index in [1.165, 1.54) is 0 Å². The topological polar surface area (TPSA) is 97.9 Å². The van der Waals surface area contributed by atoms with Crippen LogP contribution < -0.4 is 16.4 Å². The van der Waals surface area contributed by atoms with Crippen molar-refractivity contribution < 1.29 is 4.79 Å². The summed E-state index contributed by atoms with van der Waals surface area (Å²) in [5.41, 5.74) is 9.42. The van der Waals surface area contributed by atoms with Gasteiger partial charge in [0.05, 0.1) is 17.4 Å². The Morgan fingerprint density at radius 3 is 2.95 bits per heavy atom. The van der Waals surface area contributed by atoms with E-state index in [9.17, 15) is 4.79 Å². The number of nitrogens with two attached hydrogens (primary N) is 1. The molecule has 0 bridgehead atoms. The van der Waals surface area contributed by atoms with Gasteiger partial charge < -0.3 is 20.9 Å². The molecule has 0 saturated heterocycles. The van der Waals surface area contributed by atoms with Gasteiger partial charge in [0, 0.05) is 19.2 Å². The summed E-state index contributed by atoms with van der Waals surface area (Å²) < 4.78 is 1.87. The number of nitrogens with one attached hydrogen (secondary N) is 2. The van der Waals surface area contributed by atoms with Crippen molar-refractivity contribution in [3.63, 3.8) is 0 Å². The number of nitrogen functional groups attached to an aromatic ring is 1. The Kier molecular flexibility index (Phi) is 3.25. The van der Waals surface area contributed by atoms with Crippen molar-refractivity contribution in [2.24, 2.45) is 7.05 Å². The van der Waals surface area contributed by atoms with Crippen molar-refractivity contribution in [2.75, 3.05) is 16.4 Å². The third-order valence-corrected chi connectivity index (χ3v) is 3.68. The molecule has 2 aromatic rings. The molecule has 1 amide bonds. The number of nitrogens with zero attached hydrogens (tertiary/aromatic N) is 3. The Labute approximate surface area is 122 Å². The van der Waals surface area contributed by atoms with E-state index in [1.54, 1.807) is 12.4 Å². The molecular formula is C14H18N6O. The molecule has 0 spiro atoms. The van der Waals surface area contributed by atoms with Crippen LogP contribution in [0, 0.1) is 0 Å². The fourth-order valence-electron chi connectivity index (χ4n) is 2.55. The minimum Gasteiger partial charge on any atom is -0.397 e. The van der Waals surface area contributed by atoms with Crippen molar-refractivity contribution in [1.82, 2.24) is 14.8 Å². The second-order valence-corrected chi connectivity index (χ2v) is 5.31. The van der Waals surface area contributed by atoms with Gasteiger partial charge in [-0.25, -0.2) is 0 Å². The van der Waals surface area contributed by atoms with E-state index in [0.717, 1.165) is 29.2 Å². The van der Waals surface area contributed by atoms with Gasteiger partial charge in [0.1, 0.15) is 6.33 Å². The van der Waals surface area contributed by atoms with Crippen LogP contribution in [0.25, 0.3) is 0 Å². The maximum absolute atomic E-state index is 11.4. The highest BCUT2D eigenvalue weighted by Gasteiger charge is 2.18. The lowest BCUT2D eigenvalue weighted by atomic mass is 10.0. The molecule has 0 aliphatic carbocycles. The average molecular weight is 286 g/mol. The Balaban J connectivity index is 1.86. The van der Waals surface area contributed by atoms with E-state index < -0.39 is 0 Å². The van der Waals surface area contributed by atoms with Crippen molar-refractivity contribution in [2.45, 2.75) is 25.8 Å². The molecule has 7 nitrogen and oxygen atoms in total. The molecule has 4 N–H and O–H groups in total. The molecular weight excluding hydrogens is 268 g/mol. The van der Waals surface area contributed by atoms with Gasteiger partial charge in [-0.1, -0.05) is 0 Å². The molecule has 0 radical (unpaired) electrons. The summed E-state index contributed by atoms with van der Waals surface area (Å²) >= 11 is 0. The third kappa shape index (κ3) is 2.54. The number of anilines is 3. The molecule has 1 aliphatic heterocycles. The van der Waals surface area contributed by atoms with Crippen LogP contribution in [0.2, 0.25) is 0 Å². The molecule has 1 aliphatic rings. The smallest absolute Gasteiger partial charge is 0.224 e. The van der Waals surface area contributed by atoms with Crippen LogP contribution >= 0.6 is 0 Å². The van der Waals surface area contributed by atoms with E-state index in [-0.39, 0.29) is 11.9 Å². The van der Waals surface area contributed by atoms with Gasteiger partial charge in [-0.3, -0.25) is 4.79 Å². The summed E-state index contributed by atoms with van der Waals surface area (Å²) in [5.74, 6) is 0.871. The number of fused-ring (bicyclic) bond motifs is 1. The van der Waals surface area contributed by atoms with Crippen molar-refractivity contribution in [3.05, 3.63) is 29.8 Å². The van der Waals surface area contributed by atoms with Crippen LogP contribution in [0.1, 0.15) is 30.8 Å². The predicted octanol–water partition coefficient (Wildman–Crippen LogP) is 1.46. The lowest BCUT2D eigenvalue weighted by Gasteiger charge is -2.21. The molecule has 1 unspecified atom stereocenters. The second kappa shape index (κ2) is 5.08. The molecule has 0 saturated carbocycles. The number of aryl methyl sites for hydroxylation is 2. The number of hydrogen-bond acceptors (Lipinski definition) is 5. The standard InChI is InChI=1S/C14H18N6O/c1-8(14-19-16-7-20(14)2)17-12-5-9-3-4-13(21)18-11(9)6-10(12)15/h5-8,17H,3-4,15H2,1-2H3,(H,18,21). The van der Waals surface area contributed by atoms with Gasteiger partial charge in [-0.2, -0.15) is 0 Å². The Morgan fingerprint density at radius 2 is 2.24 bits per heavy atom. The Hall–Kier alpha value is -2.57. The van der Waals surface area contributed by atoms with Crippen LogP contribution in [-0.2, 0) is 18.3 Å². The first kappa shape index (κ1) is 13.4. The van der Waals surface area contributed by atoms with Crippen LogP contribution in [-0.4, -0.2) is 20.7 Å². The van der Waals surface area contributed by atoms with Crippen LogP contribution in [0.3, 0.4) is 0 Å². The highest BCUT2D eigenvalue weighted by atomic mass is 16.1. The molecule has 1 aromatic heterocycles. The number of carbonyl (C=O) groups excluding carboxylic acids is 1. The maximum atomic E-state index is 11.4. The Morgan fingerprint density at radius 1 is 1.43 bits per heavy atom. The number of rotatable bonds is 3. The first-order valence-electron chi connectivity index (χ1n) is 6.87. The molecule has 1 atom stereocenters. The molecule has 21 heavy (non-hydrogen) atoms. The van der Waals surface area contributed by atoms with E-state index in [1.807, 2.05) is 24.6 Å². The highest BCUT2D eigenvalue weighted by molar-refractivity contribution is 5.95. The van der Waals surface area contributed by atoms with Crippen LogP contribution in [0.15, 0.2) is 18.5 Å². The lowest BCUT2D eigenvalue weighted by Crippen LogP contribution is -2.20. The zero-order chi connectivity index (χ0) is 15.0. The zero-order valence-electron chi connectivity index (χ0n) is 12.1. The van der Waals surface area contributed by atoms with Crippen molar-refractivity contribution >= 4 is 23.0 Å². The molecule has 3 rings (SSSR count). The molecule has 110 valence electrons. The number of benzene rings is 1. The van der Waals surface area contributed by atoms with Crippen molar-refractivity contribution in [3.8, 4) is 0 Å². The average Bonchev–Trinajstić information content (AvgIpc) is 2.86. The largest absolute Gasteiger partial charge is 0.397 e. The Bertz CT molecular complexity index is 693. The molecule has 0 fully saturated rings. The summed E-state index contributed by atoms with van der Waals surface area (Å²) in [6.07, 6.45) is 2.91. The van der Waals surface area contributed by atoms with E-state index in [4.69, 9.17) is 5.73 Å². The molecule has 7 heteroatoms. The fourth-order valence-corrected chi connectivity index (χ4v) is 2.55. The highest BCUT2D eigenvalue weighted by Crippen LogP contribution is 2.32. The summed E-state index contributed by atoms with van der Waals surface area (Å²) in [4.78, 5) is 11.4. The van der Waals surface area contributed by atoms with Crippen LogP contribution in [0.5, 0.6) is 0 Å². The summed E-state index contributed by atoms with van der Waals surface area (Å²) in [5, 5.41) is 14.2. The van der Waals surface area contributed by atoms with Gasteiger partial charge in [0.15, 0.2) is 5.82 Å². The SMILES string of the molecule is CC(Nc1cc2c(cc1N)NC(=O)CC2)c1nncn1C. The first-order valence-corrected chi connectivity index (χ1v) is 6.87. The predicted molar refractivity (Wildman–Crippen MR) is 80.8 cm³/mol. The van der Waals surface area contributed by atoms with E-state index >= 15 is 0 Å². The number of aromatic nitrogens is 3. The maximum Gasteiger partial charge on any atom is 0.224 e. The van der Waals surface area contributed by atoms with E-state index in [2.05, 4.69) is 20.8 Å². The van der Waals surface area contributed by atoms with Crippen LogP contribution in [0.4, 0.5) is 17.1 Å². The lowest BCUT2D eigenvalue weighted by molar-refractivity contribution is -0.116. The summed E-state index contributed by atoms with van der Waals surface area (Å²) in [6.45, 7) is 2.00. The van der Waals surface area contributed by atoms with Crippen molar-refractivity contribution in [1.29, 1.82) is 0 Å². The summed E-state index contributed by atoms with van der Waals surface area (Å²) in [7, 11) is 1.90.